The summed E-state index contributed by atoms with van der Waals surface area (Å²) in [5, 5.41) is 0. The molecule has 0 aromatic carbocycles. The highest BCUT2D eigenvalue weighted by Gasteiger charge is 2.01. The van der Waals surface area contributed by atoms with Gasteiger partial charge in [-0.25, -0.2) is 0 Å². The van der Waals surface area contributed by atoms with Crippen LogP contribution in [0.4, 0.5) is 0 Å². The molecule has 0 bridgehead atoms. The first-order valence-electron chi connectivity index (χ1n) is 8.54. The van der Waals surface area contributed by atoms with Crippen molar-refractivity contribution in [1.29, 1.82) is 0 Å². The Bertz CT molecular complexity index is 180. The smallest absolute Gasteiger partial charge is 0.0351 e. The zero-order valence-electron chi connectivity index (χ0n) is 13.3. The molecule has 0 rings (SSSR count). The normalized spacial score (nSPS) is 13.2. The van der Waals surface area contributed by atoms with Crippen LogP contribution in [0.1, 0.15) is 90.4 Å². The fourth-order valence-corrected chi connectivity index (χ4v) is 2.51. The van der Waals surface area contributed by atoms with Gasteiger partial charge in [-0.3, -0.25) is 0 Å². The van der Waals surface area contributed by atoms with Gasteiger partial charge in [0, 0.05) is 0 Å². The van der Waals surface area contributed by atoms with Gasteiger partial charge in [0.1, 0.15) is 0 Å². The topological polar surface area (TPSA) is 0 Å². The van der Waals surface area contributed by atoms with Gasteiger partial charge in [0.25, 0.3) is 0 Å². The number of rotatable bonds is 14. The zero-order valence-corrected chi connectivity index (χ0v) is 13.3. The second-order valence-electron chi connectivity index (χ2n) is 5.91. The van der Waals surface area contributed by atoms with Crippen LogP contribution in [-0.2, 0) is 0 Å². The van der Waals surface area contributed by atoms with Crippen molar-refractivity contribution < 1.29 is 0 Å². The fraction of sp³-hybridized carbons (Fsp3) is 0.789. The molecule has 0 aliphatic carbocycles. The van der Waals surface area contributed by atoms with Gasteiger partial charge in [-0.1, -0.05) is 90.2 Å². The Morgan fingerprint density at radius 3 is 1.95 bits per heavy atom. The molecule has 0 aliphatic rings. The van der Waals surface area contributed by atoms with E-state index in [0.29, 0.717) is 0 Å². The van der Waals surface area contributed by atoms with Gasteiger partial charge in [-0.15, -0.1) is 0 Å². The van der Waals surface area contributed by atoms with Crippen LogP contribution < -0.4 is 0 Å². The Kier molecular flexibility index (Phi) is 15.6. The third-order valence-electron chi connectivity index (χ3n) is 3.85. The number of allylic oxidation sites excluding steroid dienone is 2. The van der Waals surface area contributed by atoms with E-state index in [9.17, 15) is 0 Å². The highest BCUT2D eigenvalue weighted by atomic mass is 14.1. The van der Waals surface area contributed by atoms with E-state index in [4.69, 9.17) is 0 Å². The summed E-state index contributed by atoms with van der Waals surface area (Å²) in [6.45, 7) is 10.1. The van der Waals surface area contributed by atoms with Crippen molar-refractivity contribution in [2.24, 2.45) is 5.92 Å². The molecule has 0 nitrogen and oxygen atoms in total. The lowest BCUT2D eigenvalue weighted by Gasteiger charge is -2.10. The SMILES string of the molecule is [CH2]CC=CCCCCCCCC(C)CCCCC[CH2]. The van der Waals surface area contributed by atoms with Crippen LogP contribution in [0.5, 0.6) is 0 Å². The maximum Gasteiger partial charge on any atom is -0.0351 e. The molecule has 0 heterocycles. The Hall–Kier alpha value is -0.260. The third kappa shape index (κ3) is 15.7. The first-order valence-corrected chi connectivity index (χ1v) is 8.54. The van der Waals surface area contributed by atoms with Crippen molar-refractivity contribution in [1.82, 2.24) is 0 Å². The van der Waals surface area contributed by atoms with E-state index >= 15 is 0 Å². The molecule has 0 saturated carbocycles. The first kappa shape index (κ1) is 18.7. The summed E-state index contributed by atoms with van der Waals surface area (Å²) in [5.74, 6) is 0.935. The number of hydrogen-bond acceptors (Lipinski definition) is 0. The third-order valence-corrected chi connectivity index (χ3v) is 3.85. The predicted octanol–water partition coefficient (Wildman–Crippen LogP) is 6.92. The highest BCUT2D eigenvalue weighted by Crippen LogP contribution is 2.17. The fourth-order valence-electron chi connectivity index (χ4n) is 2.51. The van der Waals surface area contributed by atoms with E-state index < -0.39 is 0 Å². The predicted molar refractivity (Wildman–Crippen MR) is 89.0 cm³/mol. The number of unbranched alkanes of at least 4 members (excludes halogenated alkanes) is 8. The summed E-state index contributed by atoms with van der Waals surface area (Å²) >= 11 is 0. The Balaban J connectivity index is 3.14. The maximum absolute atomic E-state index is 3.90. The van der Waals surface area contributed by atoms with Crippen LogP contribution in [0.3, 0.4) is 0 Å². The van der Waals surface area contributed by atoms with Crippen LogP contribution >= 0.6 is 0 Å². The molecular weight excluding hydrogens is 228 g/mol. The van der Waals surface area contributed by atoms with Gasteiger partial charge in [0.15, 0.2) is 0 Å². The minimum Gasteiger partial charge on any atom is -0.0885 e. The average molecular weight is 264 g/mol. The van der Waals surface area contributed by atoms with E-state index in [1.165, 1.54) is 70.6 Å². The van der Waals surface area contributed by atoms with Crippen molar-refractivity contribution in [2.45, 2.75) is 90.4 Å². The molecule has 1 unspecified atom stereocenters. The lowest BCUT2D eigenvalue weighted by atomic mass is 9.96. The lowest BCUT2D eigenvalue weighted by Crippen LogP contribution is -1.95. The molecule has 0 aliphatic heterocycles. The van der Waals surface area contributed by atoms with Gasteiger partial charge in [0.2, 0.25) is 0 Å². The molecule has 0 aromatic heterocycles. The van der Waals surface area contributed by atoms with Crippen LogP contribution in [0.25, 0.3) is 0 Å². The van der Waals surface area contributed by atoms with Crippen LogP contribution in [0.15, 0.2) is 12.2 Å². The average Bonchev–Trinajstić information content (AvgIpc) is 2.42. The lowest BCUT2D eigenvalue weighted by molar-refractivity contribution is 0.435. The molecule has 0 spiro atoms. The van der Waals surface area contributed by atoms with Gasteiger partial charge < -0.3 is 0 Å². The highest BCUT2D eigenvalue weighted by molar-refractivity contribution is 4.81. The van der Waals surface area contributed by atoms with Crippen LogP contribution in [-0.4, -0.2) is 0 Å². The van der Waals surface area contributed by atoms with Gasteiger partial charge >= 0.3 is 0 Å². The van der Waals surface area contributed by atoms with Crippen molar-refractivity contribution in [2.75, 3.05) is 0 Å². The molecule has 112 valence electrons. The van der Waals surface area contributed by atoms with Crippen molar-refractivity contribution >= 4 is 0 Å². The van der Waals surface area contributed by atoms with E-state index in [1.807, 2.05) is 0 Å². The summed E-state index contributed by atoms with van der Waals surface area (Å²) in [4.78, 5) is 0. The second-order valence-corrected chi connectivity index (χ2v) is 5.91. The minimum atomic E-state index is 0.935. The first-order chi connectivity index (χ1) is 9.31. The largest absolute Gasteiger partial charge is 0.0885 e. The van der Waals surface area contributed by atoms with Crippen molar-refractivity contribution in [3.63, 3.8) is 0 Å². The van der Waals surface area contributed by atoms with Gasteiger partial charge in [-0.2, -0.15) is 0 Å². The molecular formula is C19H36. The molecule has 0 N–H and O–H groups in total. The quantitative estimate of drug-likeness (QED) is 0.236. The molecule has 0 amide bonds. The standard InChI is InChI=1S/C19H36/c1-4-6-8-10-11-12-13-14-16-18-19(3)17-15-9-7-5-2/h6,8,19H,1-2,4-5,7,9-18H2,3H3. The molecule has 0 aromatic rings. The summed E-state index contributed by atoms with van der Waals surface area (Å²) in [6.07, 6.45) is 21.8. The maximum atomic E-state index is 3.90. The van der Waals surface area contributed by atoms with E-state index in [0.717, 1.165) is 18.8 Å². The molecule has 0 fully saturated rings. The van der Waals surface area contributed by atoms with Gasteiger partial charge in [-0.05, 0) is 32.1 Å². The summed E-state index contributed by atoms with van der Waals surface area (Å²) in [6, 6.07) is 0. The van der Waals surface area contributed by atoms with Crippen molar-refractivity contribution in [3.8, 4) is 0 Å². The Labute approximate surface area is 123 Å². The van der Waals surface area contributed by atoms with E-state index in [-0.39, 0.29) is 0 Å². The molecule has 0 saturated heterocycles. The second kappa shape index (κ2) is 15.8. The monoisotopic (exact) mass is 264 g/mol. The molecule has 19 heavy (non-hydrogen) atoms. The summed E-state index contributed by atoms with van der Waals surface area (Å²) in [7, 11) is 0. The molecule has 0 heteroatoms. The summed E-state index contributed by atoms with van der Waals surface area (Å²) in [5.41, 5.74) is 0. The van der Waals surface area contributed by atoms with E-state index in [2.05, 4.69) is 32.9 Å². The van der Waals surface area contributed by atoms with E-state index in [1.54, 1.807) is 0 Å². The Morgan fingerprint density at radius 2 is 1.32 bits per heavy atom. The Morgan fingerprint density at radius 1 is 0.737 bits per heavy atom. The summed E-state index contributed by atoms with van der Waals surface area (Å²) < 4.78 is 0. The minimum absolute atomic E-state index is 0.935. The zero-order chi connectivity index (χ0) is 14.2. The molecule has 1 atom stereocenters. The van der Waals surface area contributed by atoms with Crippen LogP contribution in [0, 0.1) is 19.8 Å². The van der Waals surface area contributed by atoms with Gasteiger partial charge in [0.05, 0.1) is 0 Å². The molecule has 2 radical (unpaired) electrons. The number of hydrogen-bond donors (Lipinski definition) is 0. The van der Waals surface area contributed by atoms with Crippen LogP contribution in [0.2, 0.25) is 0 Å². The van der Waals surface area contributed by atoms with Crippen molar-refractivity contribution in [3.05, 3.63) is 26.0 Å².